The molecule has 0 aromatic carbocycles. The van der Waals surface area contributed by atoms with Crippen LogP contribution in [0.25, 0.3) is 0 Å². The third kappa shape index (κ3) is 1.91. The van der Waals surface area contributed by atoms with E-state index in [9.17, 15) is 5.11 Å². The summed E-state index contributed by atoms with van der Waals surface area (Å²) in [5.41, 5.74) is -0.433. The van der Waals surface area contributed by atoms with Crippen LogP contribution in [0.15, 0.2) is 18.7 Å². The minimum Gasteiger partial charge on any atom is -0.390 e. The number of aromatic nitrogens is 2. The molecule has 13 heavy (non-hydrogen) atoms. The van der Waals surface area contributed by atoms with Gasteiger partial charge in [0.2, 0.25) is 0 Å². The van der Waals surface area contributed by atoms with Gasteiger partial charge in [0.25, 0.3) is 0 Å². The maximum absolute atomic E-state index is 9.76. The van der Waals surface area contributed by atoms with Crippen molar-refractivity contribution in [2.75, 3.05) is 0 Å². The Balaban J connectivity index is 1.99. The third-order valence-electron chi connectivity index (χ3n) is 2.98. The molecule has 1 aliphatic carbocycles. The quantitative estimate of drug-likeness (QED) is 0.715. The van der Waals surface area contributed by atoms with Crippen LogP contribution < -0.4 is 0 Å². The van der Waals surface area contributed by atoms with Gasteiger partial charge in [-0.1, -0.05) is 0 Å². The first-order valence-electron chi connectivity index (χ1n) is 4.87. The molecule has 1 aromatic heterocycles. The van der Waals surface area contributed by atoms with Crippen LogP contribution in [0.3, 0.4) is 0 Å². The fraction of sp³-hybridized carbons (Fsp3) is 0.700. The number of rotatable bonds is 1. The van der Waals surface area contributed by atoms with Crippen molar-refractivity contribution in [3.8, 4) is 0 Å². The molecule has 1 fully saturated rings. The first kappa shape index (κ1) is 8.75. The maximum atomic E-state index is 9.76. The average molecular weight is 180 g/mol. The van der Waals surface area contributed by atoms with Crippen LogP contribution in [0, 0.1) is 0 Å². The van der Waals surface area contributed by atoms with E-state index >= 15 is 0 Å². The van der Waals surface area contributed by atoms with Gasteiger partial charge in [-0.25, -0.2) is 4.98 Å². The Labute approximate surface area is 78.4 Å². The van der Waals surface area contributed by atoms with Crippen molar-refractivity contribution in [1.82, 2.24) is 9.55 Å². The summed E-state index contributed by atoms with van der Waals surface area (Å²) >= 11 is 0. The molecule has 0 radical (unpaired) electrons. The lowest BCUT2D eigenvalue weighted by Gasteiger charge is -2.33. The number of imidazole rings is 1. The van der Waals surface area contributed by atoms with Crippen molar-refractivity contribution in [2.45, 2.75) is 44.2 Å². The first-order valence-corrected chi connectivity index (χ1v) is 4.87. The molecule has 0 spiro atoms. The fourth-order valence-electron chi connectivity index (χ4n) is 2.01. The van der Waals surface area contributed by atoms with Crippen LogP contribution in [0.5, 0.6) is 0 Å². The molecule has 0 saturated heterocycles. The summed E-state index contributed by atoms with van der Waals surface area (Å²) in [6.07, 6.45) is 9.60. The molecule has 1 saturated carbocycles. The zero-order valence-electron chi connectivity index (χ0n) is 7.98. The third-order valence-corrected chi connectivity index (χ3v) is 2.98. The van der Waals surface area contributed by atoms with E-state index < -0.39 is 5.60 Å². The van der Waals surface area contributed by atoms with Gasteiger partial charge in [0.15, 0.2) is 0 Å². The van der Waals surface area contributed by atoms with Gasteiger partial charge in [0.1, 0.15) is 0 Å². The number of aliphatic hydroxyl groups is 1. The lowest BCUT2D eigenvalue weighted by molar-refractivity contribution is 0.00993. The molecule has 1 heterocycles. The molecule has 2 rings (SSSR count). The van der Waals surface area contributed by atoms with Crippen molar-refractivity contribution >= 4 is 0 Å². The van der Waals surface area contributed by atoms with Crippen molar-refractivity contribution in [3.05, 3.63) is 18.7 Å². The van der Waals surface area contributed by atoms with E-state index in [1.54, 1.807) is 0 Å². The lowest BCUT2D eigenvalue weighted by Crippen LogP contribution is -2.31. The topological polar surface area (TPSA) is 38.0 Å². The Bertz CT molecular complexity index is 256. The van der Waals surface area contributed by atoms with E-state index in [1.165, 1.54) is 0 Å². The van der Waals surface area contributed by atoms with Gasteiger partial charge < -0.3 is 9.67 Å². The highest BCUT2D eigenvalue weighted by Crippen LogP contribution is 2.34. The van der Waals surface area contributed by atoms with Crippen molar-refractivity contribution in [2.24, 2.45) is 0 Å². The molecule has 0 atom stereocenters. The standard InChI is InChI=1S/C10H16N2O/c1-10(13)4-2-9(3-5-10)12-7-6-11-8-12/h6-9,13H,2-5H2,1H3. The molecule has 0 aliphatic heterocycles. The molecular formula is C10H16N2O. The van der Waals surface area contributed by atoms with Gasteiger partial charge in [-0.15, -0.1) is 0 Å². The van der Waals surface area contributed by atoms with Crippen LogP contribution in [0.4, 0.5) is 0 Å². The van der Waals surface area contributed by atoms with Gasteiger partial charge in [-0.3, -0.25) is 0 Å². The SMILES string of the molecule is CC1(O)CCC(n2ccnc2)CC1. The van der Waals surface area contributed by atoms with Crippen LogP contribution in [-0.4, -0.2) is 20.3 Å². The monoisotopic (exact) mass is 180 g/mol. The van der Waals surface area contributed by atoms with Crippen LogP contribution >= 0.6 is 0 Å². The van der Waals surface area contributed by atoms with Crippen LogP contribution in [0.1, 0.15) is 38.6 Å². The Morgan fingerprint density at radius 3 is 2.69 bits per heavy atom. The molecule has 72 valence electrons. The van der Waals surface area contributed by atoms with E-state index in [0.717, 1.165) is 25.7 Å². The molecular weight excluding hydrogens is 164 g/mol. The Hall–Kier alpha value is -0.830. The zero-order valence-corrected chi connectivity index (χ0v) is 7.98. The van der Waals surface area contributed by atoms with Crippen LogP contribution in [0.2, 0.25) is 0 Å². The Morgan fingerprint density at radius 1 is 1.46 bits per heavy atom. The summed E-state index contributed by atoms with van der Waals surface area (Å²) in [5, 5.41) is 9.76. The molecule has 1 N–H and O–H groups in total. The van der Waals surface area contributed by atoms with Crippen LogP contribution in [-0.2, 0) is 0 Å². The molecule has 0 amide bonds. The second kappa shape index (κ2) is 3.14. The van der Waals surface area contributed by atoms with Gasteiger partial charge in [0.05, 0.1) is 11.9 Å². The molecule has 1 aromatic rings. The average Bonchev–Trinajstić information content (AvgIpc) is 2.56. The summed E-state index contributed by atoms with van der Waals surface area (Å²) in [6.45, 7) is 1.93. The molecule has 1 aliphatic rings. The summed E-state index contributed by atoms with van der Waals surface area (Å²) in [4.78, 5) is 4.03. The predicted octanol–water partition coefficient (Wildman–Crippen LogP) is 1.75. The van der Waals surface area contributed by atoms with E-state index in [4.69, 9.17) is 0 Å². The van der Waals surface area contributed by atoms with E-state index in [1.807, 2.05) is 25.6 Å². The van der Waals surface area contributed by atoms with Gasteiger partial charge in [-0.2, -0.15) is 0 Å². The lowest BCUT2D eigenvalue weighted by atomic mass is 9.83. The Kier molecular flexibility index (Phi) is 2.12. The largest absolute Gasteiger partial charge is 0.390 e. The second-order valence-corrected chi connectivity index (χ2v) is 4.24. The summed E-state index contributed by atoms with van der Waals surface area (Å²) < 4.78 is 2.15. The minimum atomic E-state index is -0.433. The zero-order chi connectivity index (χ0) is 9.31. The molecule has 0 unspecified atom stereocenters. The molecule has 0 bridgehead atoms. The highest BCUT2D eigenvalue weighted by Gasteiger charge is 2.28. The van der Waals surface area contributed by atoms with E-state index in [2.05, 4.69) is 9.55 Å². The summed E-state index contributed by atoms with van der Waals surface area (Å²) in [6, 6.07) is 0.544. The van der Waals surface area contributed by atoms with Crippen molar-refractivity contribution < 1.29 is 5.11 Å². The van der Waals surface area contributed by atoms with E-state index in [-0.39, 0.29) is 0 Å². The summed E-state index contributed by atoms with van der Waals surface area (Å²) in [5.74, 6) is 0. The smallest absolute Gasteiger partial charge is 0.0948 e. The van der Waals surface area contributed by atoms with Crippen molar-refractivity contribution in [1.29, 1.82) is 0 Å². The number of hydrogen-bond acceptors (Lipinski definition) is 2. The number of hydrogen-bond donors (Lipinski definition) is 1. The summed E-state index contributed by atoms with van der Waals surface area (Å²) in [7, 11) is 0. The molecule has 3 nitrogen and oxygen atoms in total. The highest BCUT2D eigenvalue weighted by molar-refractivity contribution is 4.87. The maximum Gasteiger partial charge on any atom is 0.0948 e. The molecule has 3 heteroatoms. The van der Waals surface area contributed by atoms with Gasteiger partial charge >= 0.3 is 0 Å². The first-order chi connectivity index (χ1) is 6.17. The number of nitrogens with zero attached hydrogens (tertiary/aromatic N) is 2. The van der Waals surface area contributed by atoms with Crippen molar-refractivity contribution in [3.63, 3.8) is 0 Å². The van der Waals surface area contributed by atoms with Gasteiger partial charge in [0, 0.05) is 18.4 Å². The minimum absolute atomic E-state index is 0.433. The highest BCUT2D eigenvalue weighted by atomic mass is 16.3. The van der Waals surface area contributed by atoms with E-state index in [0.29, 0.717) is 6.04 Å². The van der Waals surface area contributed by atoms with Gasteiger partial charge in [-0.05, 0) is 32.6 Å². The second-order valence-electron chi connectivity index (χ2n) is 4.24. The fourth-order valence-corrected chi connectivity index (χ4v) is 2.01. The Morgan fingerprint density at radius 2 is 2.15 bits per heavy atom. The normalized spacial score (nSPS) is 34.8. The predicted molar refractivity (Wildman–Crippen MR) is 50.4 cm³/mol.